The van der Waals surface area contributed by atoms with Crippen LogP contribution in [0.5, 0.6) is 11.5 Å². The van der Waals surface area contributed by atoms with Crippen LogP contribution in [0.4, 0.5) is 5.82 Å². The monoisotopic (exact) mass is 570 g/mol. The molecule has 3 heterocycles. The summed E-state index contributed by atoms with van der Waals surface area (Å²) < 4.78 is 17.9. The van der Waals surface area contributed by atoms with Crippen LogP contribution in [0, 0.1) is 6.92 Å². The second kappa shape index (κ2) is 13.1. The number of carbonyl (C=O) groups excluding carboxylic acids is 1. The van der Waals surface area contributed by atoms with Gasteiger partial charge in [-0.1, -0.05) is 36.1 Å². The zero-order valence-electron chi connectivity index (χ0n) is 21.9. The summed E-state index contributed by atoms with van der Waals surface area (Å²) in [6.07, 6.45) is 3.76. The number of hydrogen-bond donors (Lipinski definition) is 2. The van der Waals surface area contributed by atoms with Gasteiger partial charge in [-0.2, -0.15) is 0 Å². The Hall–Kier alpha value is -3.45. The summed E-state index contributed by atoms with van der Waals surface area (Å²) in [5.74, 6) is 1.32. The van der Waals surface area contributed by atoms with Crippen LogP contribution in [-0.4, -0.2) is 76.7 Å². The van der Waals surface area contributed by atoms with E-state index in [1.807, 2.05) is 31.2 Å². The Morgan fingerprint density at radius 2 is 1.95 bits per heavy atom. The van der Waals surface area contributed by atoms with Crippen molar-refractivity contribution in [3.05, 3.63) is 68.5 Å². The van der Waals surface area contributed by atoms with E-state index in [2.05, 4.69) is 10.3 Å². The lowest BCUT2D eigenvalue weighted by atomic mass is 10.1. The van der Waals surface area contributed by atoms with Crippen LogP contribution in [0.2, 0.25) is 0 Å². The summed E-state index contributed by atoms with van der Waals surface area (Å²) in [7, 11) is 3.15. The van der Waals surface area contributed by atoms with Gasteiger partial charge in [0.05, 0.1) is 44.5 Å². The van der Waals surface area contributed by atoms with E-state index in [0.717, 1.165) is 22.9 Å². The van der Waals surface area contributed by atoms with E-state index in [1.165, 1.54) is 9.30 Å². The molecule has 0 radical (unpaired) electrons. The first-order valence-corrected chi connectivity index (χ1v) is 13.5. The van der Waals surface area contributed by atoms with Gasteiger partial charge in [0.1, 0.15) is 15.8 Å². The fourth-order valence-electron chi connectivity index (χ4n) is 4.09. The van der Waals surface area contributed by atoms with Crippen molar-refractivity contribution in [3.63, 3.8) is 0 Å². The van der Waals surface area contributed by atoms with Gasteiger partial charge in [0.15, 0.2) is 11.5 Å². The molecule has 0 saturated carbocycles. The van der Waals surface area contributed by atoms with Crippen molar-refractivity contribution >= 4 is 51.7 Å². The van der Waals surface area contributed by atoms with Crippen LogP contribution in [0.25, 0.3) is 11.7 Å². The maximum Gasteiger partial charge on any atom is 0.267 e. The molecule has 3 aromatic rings. The molecule has 1 aliphatic rings. The molecule has 0 atom stereocenters. The van der Waals surface area contributed by atoms with Crippen LogP contribution >= 0.6 is 24.0 Å². The fourth-order valence-corrected chi connectivity index (χ4v) is 5.38. The molecule has 4 rings (SSSR count). The van der Waals surface area contributed by atoms with Gasteiger partial charge in [0.25, 0.3) is 11.5 Å². The summed E-state index contributed by atoms with van der Waals surface area (Å²) in [4.78, 5) is 33.4. The van der Waals surface area contributed by atoms with Gasteiger partial charge in [-0.3, -0.25) is 18.9 Å². The number of methoxy groups -OCH3 is 2. The number of ether oxygens (including phenoxy) is 3. The molecule has 0 aliphatic carbocycles. The van der Waals surface area contributed by atoms with E-state index in [1.54, 1.807) is 32.6 Å². The largest absolute Gasteiger partial charge is 0.493 e. The zero-order valence-corrected chi connectivity index (χ0v) is 23.6. The van der Waals surface area contributed by atoms with E-state index in [9.17, 15) is 9.59 Å². The summed E-state index contributed by atoms with van der Waals surface area (Å²) in [6, 6.07) is 9.26. The molecule has 1 aliphatic heterocycles. The number of hydrogen-bond acceptors (Lipinski definition) is 10. The molecule has 12 heteroatoms. The number of thioether (sulfide) groups is 1. The predicted molar refractivity (Wildman–Crippen MR) is 156 cm³/mol. The van der Waals surface area contributed by atoms with Crippen molar-refractivity contribution in [3.8, 4) is 11.5 Å². The van der Waals surface area contributed by atoms with Crippen molar-refractivity contribution in [2.45, 2.75) is 13.3 Å². The predicted octanol–water partition coefficient (Wildman–Crippen LogP) is 2.88. The lowest BCUT2D eigenvalue weighted by Gasteiger charge is -2.15. The van der Waals surface area contributed by atoms with Crippen LogP contribution in [0.15, 0.2) is 46.2 Å². The first-order chi connectivity index (χ1) is 18.9. The molecule has 0 spiro atoms. The van der Waals surface area contributed by atoms with Gasteiger partial charge in [0.2, 0.25) is 0 Å². The molecule has 1 saturated heterocycles. The molecule has 2 N–H and O–H groups in total. The highest BCUT2D eigenvalue weighted by molar-refractivity contribution is 8.26. The Morgan fingerprint density at radius 3 is 2.69 bits per heavy atom. The number of rotatable bonds is 12. The molecule has 1 aromatic carbocycles. The minimum Gasteiger partial charge on any atom is -0.493 e. The third kappa shape index (κ3) is 6.41. The van der Waals surface area contributed by atoms with Gasteiger partial charge in [-0.15, -0.1) is 0 Å². The van der Waals surface area contributed by atoms with Crippen molar-refractivity contribution in [2.24, 2.45) is 0 Å². The number of amides is 1. The highest BCUT2D eigenvalue weighted by atomic mass is 32.2. The minimum atomic E-state index is -0.307. The Balaban J connectivity index is 1.59. The van der Waals surface area contributed by atoms with Crippen LogP contribution in [-0.2, 0) is 16.0 Å². The highest BCUT2D eigenvalue weighted by Crippen LogP contribution is 2.34. The second-order valence-electron chi connectivity index (χ2n) is 8.60. The lowest BCUT2D eigenvalue weighted by Crippen LogP contribution is -2.30. The number of carbonyl (C=O) groups is 1. The van der Waals surface area contributed by atoms with Crippen molar-refractivity contribution < 1.29 is 24.1 Å². The SMILES string of the molecule is COc1ccc(CCN2C(=O)/C(=C\c3c(NCCOCCO)nc4c(C)cccn4c3=O)SC2=S)cc1OC. The number of nitrogens with one attached hydrogen (secondary N) is 1. The Bertz CT molecular complexity index is 1470. The quantitative estimate of drug-likeness (QED) is 0.191. The topological polar surface area (TPSA) is 115 Å². The normalized spacial score (nSPS) is 14.5. The molecule has 39 heavy (non-hydrogen) atoms. The van der Waals surface area contributed by atoms with Gasteiger partial charge in [-0.05, 0) is 48.7 Å². The molecule has 2 aromatic heterocycles. The Kier molecular flexibility index (Phi) is 9.57. The zero-order chi connectivity index (χ0) is 27.9. The molecule has 206 valence electrons. The maximum absolute atomic E-state index is 13.5. The van der Waals surface area contributed by atoms with E-state index in [-0.39, 0.29) is 30.2 Å². The Morgan fingerprint density at radius 1 is 1.15 bits per heavy atom. The van der Waals surface area contributed by atoms with Gasteiger partial charge in [0, 0.05) is 19.3 Å². The lowest BCUT2D eigenvalue weighted by molar-refractivity contribution is -0.122. The summed E-state index contributed by atoms with van der Waals surface area (Å²) in [5, 5.41) is 12.1. The number of aliphatic hydroxyl groups excluding tert-OH is 1. The summed E-state index contributed by atoms with van der Waals surface area (Å²) in [6.45, 7) is 3.06. The van der Waals surface area contributed by atoms with E-state index >= 15 is 0 Å². The number of benzene rings is 1. The molecule has 10 nitrogen and oxygen atoms in total. The number of thiocarbonyl (C=S) groups is 1. The van der Waals surface area contributed by atoms with Crippen LogP contribution in [0.1, 0.15) is 16.7 Å². The van der Waals surface area contributed by atoms with Gasteiger partial charge < -0.3 is 24.6 Å². The first-order valence-electron chi connectivity index (χ1n) is 12.3. The average molecular weight is 571 g/mol. The smallest absolute Gasteiger partial charge is 0.267 e. The number of fused-ring (bicyclic) bond motifs is 1. The number of aromatic nitrogens is 2. The van der Waals surface area contributed by atoms with Crippen molar-refractivity contribution in [1.82, 2.24) is 14.3 Å². The molecule has 0 unspecified atom stereocenters. The maximum atomic E-state index is 13.5. The van der Waals surface area contributed by atoms with Crippen molar-refractivity contribution in [1.29, 1.82) is 0 Å². The van der Waals surface area contributed by atoms with Crippen molar-refractivity contribution in [2.75, 3.05) is 52.4 Å². The number of nitrogens with zero attached hydrogens (tertiary/aromatic N) is 3. The average Bonchev–Trinajstić information content (AvgIpc) is 3.21. The first kappa shape index (κ1) is 28.6. The minimum absolute atomic E-state index is 0.0755. The van der Waals surface area contributed by atoms with Crippen LogP contribution < -0.4 is 20.3 Å². The molecular formula is C27H30N4O6S2. The molecule has 1 fully saturated rings. The number of pyridine rings is 1. The number of aryl methyl sites for hydroxylation is 1. The van der Waals surface area contributed by atoms with Gasteiger partial charge >= 0.3 is 0 Å². The molecule has 1 amide bonds. The highest BCUT2D eigenvalue weighted by Gasteiger charge is 2.32. The standard InChI is InChI=1S/C27H30N4O6S2/c1-17-5-4-10-30-24(17)29-23(28-9-13-37-14-12-32)19(25(30)33)16-22-26(34)31(27(38)39-22)11-8-18-6-7-20(35-2)21(15-18)36-3/h4-7,10,15-16,28,32H,8-9,11-14H2,1-3H3/b22-16+. The second-order valence-corrected chi connectivity index (χ2v) is 10.3. The van der Waals surface area contributed by atoms with E-state index in [4.69, 9.17) is 31.5 Å². The van der Waals surface area contributed by atoms with Crippen LogP contribution in [0.3, 0.4) is 0 Å². The van der Waals surface area contributed by atoms with E-state index < -0.39 is 0 Å². The van der Waals surface area contributed by atoms with E-state index in [0.29, 0.717) is 58.3 Å². The third-order valence-electron chi connectivity index (χ3n) is 6.08. The molecule has 0 bridgehead atoms. The fraction of sp³-hybridized carbons (Fsp3) is 0.333. The molecular weight excluding hydrogens is 540 g/mol. The Labute approximate surface area is 235 Å². The summed E-state index contributed by atoms with van der Waals surface area (Å²) >= 11 is 6.67. The number of aliphatic hydroxyl groups is 1. The summed E-state index contributed by atoms with van der Waals surface area (Å²) in [5.41, 5.74) is 2.26. The third-order valence-corrected chi connectivity index (χ3v) is 7.46. The number of anilines is 1. The van der Waals surface area contributed by atoms with Gasteiger partial charge in [-0.25, -0.2) is 4.98 Å².